The smallest absolute Gasteiger partial charge is 0.0701 e. The van der Waals surface area contributed by atoms with Crippen molar-refractivity contribution < 1.29 is 29.9 Å². The van der Waals surface area contributed by atoms with Crippen molar-refractivity contribution in [2.75, 3.05) is 92.1 Å². The van der Waals surface area contributed by atoms with Crippen LogP contribution in [0.15, 0.2) is 0 Å². The first kappa shape index (κ1) is 21.7. The van der Waals surface area contributed by atoms with Crippen molar-refractivity contribution in [3.63, 3.8) is 0 Å². The van der Waals surface area contributed by atoms with Gasteiger partial charge in [0.2, 0.25) is 0 Å². The predicted octanol–water partition coefficient (Wildman–Crippen LogP) is -2.41. The normalized spacial score (nSPS) is 11.7. The number of rotatable bonds is 17. The molecule has 0 aliphatic rings. The van der Waals surface area contributed by atoms with Gasteiger partial charge in [-0.15, -0.1) is 0 Å². The maximum absolute atomic E-state index is 8.86. The number of aliphatic hydroxyl groups is 4. The fourth-order valence-corrected chi connectivity index (χ4v) is 1.95. The van der Waals surface area contributed by atoms with Gasteiger partial charge in [-0.3, -0.25) is 9.80 Å². The lowest BCUT2D eigenvalue weighted by Gasteiger charge is -2.20. The summed E-state index contributed by atoms with van der Waals surface area (Å²) >= 11 is 0. The molecule has 0 amide bonds. The molecule has 0 rings (SSSR count). The predicted molar refractivity (Wildman–Crippen MR) is 82.9 cm³/mol. The summed E-state index contributed by atoms with van der Waals surface area (Å²) in [6.45, 7) is 5.80. The van der Waals surface area contributed by atoms with Gasteiger partial charge in [0.1, 0.15) is 0 Å². The zero-order valence-electron chi connectivity index (χ0n) is 13.4. The Balaban J connectivity index is 3.44. The molecule has 0 saturated carbocycles. The quantitative estimate of drug-likeness (QED) is 0.219. The van der Waals surface area contributed by atoms with Crippen LogP contribution in [0.25, 0.3) is 0 Å². The highest BCUT2D eigenvalue weighted by Crippen LogP contribution is 1.90. The molecule has 4 N–H and O–H groups in total. The van der Waals surface area contributed by atoms with Crippen LogP contribution in [-0.2, 0) is 9.47 Å². The first-order valence-corrected chi connectivity index (χ1v) is 7.82. The van der Waals surface area contributed by atoms with E-state index in [0.29, 0.717) is 65.7 Å². The van der Waals surface area contributed by atoms with E-state index < -0.39 is 0 Å². The van der Waals surface area contributed by atoms with E-state index in [1.165, 1.54) is 0 Å². The summed E-state index contributed by atoms with van der Waals surface area (Å²) in [5, 5.41) is 35.5. The molecule has 0 aromatic carbocycles. The van der Waals surface area contributed by atoms with Gasteiger partial charge in [-0.05, 0) is 0 Å². The highest BCUT2D eigenvalue weighted by atomic mass is 16.5. The minimum absolute atomic E-state index is 0.0707. The topological polar surface area (TPSA) is 106 Å². The molecular weight excluding hydrogens is 292 g/mol. The minimum Gasteiger partial charge on any atom is -0.395 e. The van der Waals surface area contributed by atoms with E-state index in [1.54, 1.807) is 0 Å². The van der Waals surface area contributed by atoms with Crippen molar-refractivity contribution in [2.24, 2.45) is 0 Å². The number of nitrogens with zero attached hydrogens (tertiary/aromatic N) is 2. The van der Waals surface area contributed by atoms with Gasteiger partial charge in [-0.1, -0.05) is 0 Å². The highest BCUT2D eigenvalue weighted by Gasteiger charge is 2.04. The van der Waals surface area contributed by atoms with Crippen molar-refractivity contribution in [1.82, 2.24) is 9.80 Å². The molecule has 0 bridgehead atoms. The molecule has 134 valence electrons. The van der Waals surface area contributed by atoms with Gasteiger partial charge in [0.25, 0.3) is 0 Å². The summed E-state index contributed by atoms with van der Waals surface area (Å²) in [4.78, 5) is 3.87. The maximum atomic E-state index is 8.86. The summed E-state index contributed by atoms with van der Waals surface area (Å²) in [5.41, 5.74) is 0. The van der Waals surface area contributed by atoms with Crippen molar-refractivity contribution in [3.8, 4) is 0 Å². The molecule has 8 heteroatoms. The first-order chi connectivity index (χ1) is 10.8. The number of hydrogen-bond acceptors (Lipinski definition) is 8. The minimum atomic E-state index is 0.0707. The zero-order valence-corrected chi connectivity index (χ0v) is 13.4. The Kier molecular flexibility index (Phi) is 16.8. The van der Waals surface area contributed by atoms with Crippen LogP contribution in [0.4, 0.5) is 0 Å². The van der Waals surface area contributed by atoms with E-state index in [9.17, 15) is 0 Å². The molecular formula is C14H32N2O6. The van der Waals surface area contributed by atoms with Crippen LogP contribution in [0.3, 0.4) is 0 Å². The highest BCUT2D eigenvalue weighted by molar-refractivity contribution is 4.56. The lowest BCUT2D eigenvalue weighted by atomic mass is 10.4. The van der Waals surface area contributed by atoms with Crippen LogP contribution in [0.1, 0.15) is 0 Å². The van der Waals surface area contributed by atoms with E-state index in [-0.39, 0.29) is 26.4 Å². The largest absolute Gasteiger partial charge is 0.395 e. The third kappa shape index (κ3) is 13.4. The molecule has 0 radical (unpaired) electrons. The zero-order chi connectivity index (χ0) is 16.5. The average molecular weight is 324 g/mol. The standard InChI is InChI=1S/C14H32N2O6/c17-7-1-15(2-8-18)5-11-21-13-14-22-12-6-16(3-9-19)4-10-20/h17-20H,1-14H2. The summed E-state index contributed by atoms with van der Waals surface area (Å²) in [7, 11) is 0. The SMILES string of the molecule is OCCN(CCO)CCOCCOCCN(CCO)CCO. The molecule has 0 heterocycles. The number of aliphatic hydroxyl groups excluding tert-OH is 4. The van der Waals surface area contributed by atoms with Gasteiger partial charge in [-0.25, -0.2) is 0 Å². The van der Waals surface area contributed by atoms with Crippen LogP contribution in [0, 0.1) is 0 Å². The molecule has 22 heavy (non-hydrogen) atoms. The van der Waals surface area contributed by atoms with E-state index in [4.69, 9.17) is 29.9 Å². The van der Waals surface area contributed by atoms with Crippen LogP contribution >= 0.6 is 0 Å². The van der Waals surface area contributed by atoms with Gasteiger partial charge in [0, 0.05) is 39.3 Å². The summed E-state index contributed by atoms with van der Waals surface area (Å²) in [6, 6.07) is 0. The summed E-state index contributed by atoms with van der Waals surface area (Å²) in [6.07, 6.45) is 0. The monoisotopic (exact) mass is 324 g/mol. The number of ether oxygens (including phenoxy) is 2. The Hall–Kier alpha value is -0.320. The second-order valence-electron chi connectivity index (χ2n) is 4.80. The fraction of sp³-hybridized carbons (Fsp3) is 1.00. The van der Waals surface area contributed by atoms with Crippen molar-refractivity contribution in [3.05, 3.63) is 0 Å². The third-order valence-electron chi connectivity index (χ3n) is 3.14. The lowest BCUT2D eigenvalue weighted by molar-refractivity contribution is 0.0256. The average Bonchev–Trinajstić information content (AvgIpc) is 2.50. The van der Waals surface area contributed by atoms with E-state index in [0.717, 1.165) is 0 Å². The molecule has 0 spiro atoms. The molecule has 0 aromatic rings. The van der Waals surface area contributed by atoms with Crippen LogP contribution in [0.2, 0.25) is 0 Å². The maximum Gasteiger partial charge on any atom is 0.0701 e. The lowest BCUT2D eigenvalue weighted by Crippen LogP contribution is -2.33. The Morgan fingerprint density at radius 3 is 1.05 bits per heavy atom. The van der Waals surface area contributed by atoms with Crippen molar-refractivity contribution in [2.45, 2.75) is 0 Å². The second-order valence-corrected chi connectivity index (χ2v) is 4.80. The van der Waals surface area contributed by atoms with E-state index in [1.807, 2.05) is 9.80 Å². The molecule has 0 saturated heterocycles. The molecule has 0 fully saturated rings. The second kappa shape index (κ2) is 17.0. The van der Waals surface area contributed by atoms with Crippen molar-refractivity contribution >= 4 is 0 Å². The van der Waals surface area contributed by atoms with E-state index >= 15 is 0 Å². The van der Waals surface area contributed by atoms with Gasteiger partial charge in [0.15, 0.2) is 0 Å². The Morgan fingerprint density at radius 2 is 0.773 bits per heavy atom. The van der Waals surface area contributed by atoms with Gasteiger partial charge >= 0.3 is 0 Å². The summed E-state index contributed by atoms with van der Waals surface area (Å²) < 4.78 is 10.9. The molecule has 0 aromatic heterocycles. The van der Waals surface area contributed by atoms with Crippen molar-refractivity contribution in [1.29, 1.82) is 0 Å². The van der Waals surface area contributed by atoms with E-state index in [2.05, 4.69) is 0 Å². The van der Waals surface area contributed by atoms with Gasteiger partial charge in [0.05, 0.1) is 52.9 Å². The van der Waals surface area contributed by atoms with Crippen LogP contribution in [0.5, 0.6) is 0 Å². The summed E-state index contributed by atoms with van der Waals surface area (Å²) in [5.74, 6) is 0. The molecule has 0 aliphatic carbocycles. The first-order valence-electron chi connectivity index (χ1n) is 7.82. The Bertz CT molecular complexity index is 190. The van der Waals surface area contributed by atoms with Gasteiger partial charge in [-0.2, -0.15) is 0 Å². The Morgan fingerprint density at radius 1 is 0.455 bits per heavy atom. The number of hydrogen-bond donors (Lipinski definition) is 4. The fourth-order valence-electron chi connectivity index (χ4n) is 1.95. The van der Waals surface area contributed by atoms with Crippen LogP contribution < -0.4 is 0 Å². The van der Waals surface area contributed by atoms with Gasteiger partial charge < -0.3 is 29.9 Å². The Labute approximate surface area is 132 Å². The van der Waals surface area contributed by atoms with Crippen LogP contribution in [-0.4, -0.2) is 122 Å². The molecule has 0 aliphatic heterocycles. The molecule has 0 atom stereocenters. The molecule has 0 unspecified atom stereocenters. The molecule has 8 nitrogen and oxygen atoms in total. The third-order valence-corrected chi connectivity index (χ3v) is 3.14.